The molecule has 1 aliphatic rings. The molecule has 0 aromatic rings. The van der Waals surface area contributed by atoms with Crippen LogP contribution in [0.5, 0.6) is 0 Å². The molecule has 0 heterocycles. The second-order valence-corrected chi connectivity index (χ2v) is 5.07. The third-order valence-electron chi connectivity index (χ3n) is 3.08. The van der Waals surface area contributed by atoms with Gasteiger partial charge in [-0.1, -0.05) is 0 Å². The Balaban J connectivity index is 2.85. The van der Waals surface area contributed by atoms with Crippen molar-refractivity contribution in [2.24, 2.45) is 0 Å². The van der Waals surface area contributed by atoms with E-state index in [0.29, 0.717) is 0 Å². The van der Waals surface area contributed by atoms with E-state index in [4.69, 9.17) is 14.2 Å². The zero-order valence-electron chi connectivity index (χ0n) is 8.35. The first-order valence-electron chi connectivity index (χ1n) is 4.29. The van der Waals surface area contributed by atoms with E-state index in [1.54, 1.807) is 21.3 Å². The lowest BCUT2D eigenvalue weighted by Crippen LogP contribution is -2.54. The highest BCUT2D eigenvalue weighted by Crippen LogP contribution is 2.42. The van der Waals surface area contributed by atoms with Crippen molar-refractivity contribution in [3.8, 4) is 0 Å². The first-order chi connectivity index (χ1) is 5.64. The van der Waals surface area contributed by atoms with Crippen LogP contribution in [0.4, 0.5) is 0 Å². The first kappa shape index (κ1) is 10.2. The molecule has 0 radical (unpaired) electrons. The first-order valence-corrected chi connectivity index (χ1v) is 5.29. The molecular formula is C8H18O3Si. The molecule has 1 unspecified atom stereocenters. The smallest absolute Gasteiger partial charge is 0.192 e. The number of hydrogen-bond acceptors (Lipinski definition) is 3. The van der Waals surface area contributed by atoms with Gasteiger partial charge in [0.15, 0.2) is 5.79 Å². The Bertz CT molecular complexity index is 158. The van der Waals surface area contributed by atoms with Crippen molar-refractivity contribution in [2.45, 2.75) is 30.3 Å². The second-order valence-electron chi connectivity index (χ2n) is 3.45. The van der Waals surface area contributed by atoms with Crippen LogP contribution in [0.1, 0.15) is 19.3 Å². The Morgan fingerprint density at radius 1 is 1.00 bits per heavy atom. The van der Waals surface area contributed by atoms with Crippen molar-refractivity contribution in [1.29, 1.82) is 0 Å². The van der Waals surface area contributed by atoms with Crippen molar-refractivity contribution in [1.82, 2.24) is 0 Å². The van der Waals surface area contributed by atoms with Crippen LogP contribution in [0.2, 0.25) is 0 Å². The highest BCUT2D eigenvalue weighted by molar-refractivity contribution is 6.15. The summed E-state index contributed by atoms with van der Waals surface area (Å²) in [7, 11) is 6.07. The topological polar surface area (TPSA) is 27.7 Å². The van der Waals surface area contributed by atoms with Crippen LogP contribution in [0, 0.1) is 0 Å². The third kappa shape index (κ3) is 1.23. The summed E-state index contributed by atoms with van der Waals surface area (Å²) >= 11 is 0. The van der Waals surface area contributed by atoms with E-state index in [1.807, 2.05) is 0 Å². The fraction of sp³-hybridized carbons (Fsp3) is 1.00. The van der Waals surface area contributed by atoms with Gasteiger partial charge in [0.05, 0.1) is 10.2 Å². The summed E-state index contributed by atoms with van der Waals surface area (Å²) in [4.78, 5) is 0. The lowest BCUT2D eigenvalue weighted by molar-refractivity contribution is -0.266. The number of methoxy groups -OCH3 is 3. The predicted molar refractivity (Wildman–Crippen MR) is 50.3 cm³/mol. The molecular weight excluding hydrogens is 172 g/mol. The van der Waals surface area contributed by atoms with E-state index < -0.39 is 5.79 Å². The molecule has 1 aliphatic carbocycles. The Kier molecular flexibility index (Phi) is 2.93. The van der Waals surface area contributed by atoms with Crippen LogP contribution >= 0.6 is 0 Å². The summed E-state index contributed by atoms with van der Waals surface area (Å²) in [6, 6.07) is 0. The van der Waals surface area contributed by atoms with Gasteiger partial charge < -0.3 is 14.2 Å². The normalized spacial score (nSPS) is 34.2. The summed E-state index contributed by atoms with van der Waals surface area (Å²) in [5, 5.41) is -0.156. The average molecular weight is 190 g/mol. The molecule has 0 spiro atoms. The molecule has 0 amide bonds. The van der Waals surface area contributed by atoms with Crippen molar-refractivity contribution in [3.05, 3.63) is 0 Å². The summed E-state index contributed by atoms with van der Waals surface area (Å²) in [6.07, 6.45) is 3.12. The molecule has 72 valence electrons. The Morgan fingerprint density at radius 3 is 1.92 bits per heavy atom. The lowest BCUT2D eigenvalue weighted by Gasteiger charge is -2.40. The monoisotopic (exact) mass is 190 g/mol. The fourth-order valence-corrected chi connectivity index (χ4v) is 3.10. The van der Waals surface area contributed by atoms with Crippen LogP contribution in [-0.2, 0) is 14.2 Å². The number of ether oxygens (including phenoxy) is 3. The van der Waals surface area contributed by atoms with Crippen LogP contribution in [0.3, 0.4) is 0 Å². The molecule has 0 saturated heterocycles. The summed E-state index contributed by atoms with van der Waals surface area (Å²) < 4.78 is 16.4. The molecule has 1 atom stereocenters. The molecule has 0 aliphatic heterocycles. The maximum Gasteiger partial charge on any atom is 0.192 e. The SMILES string of the molecule is COC1([SiH3])CCCC1(OC)OC. The van der Waals surface area contributed by atoms with Crippen LogP contribution in [0.25, 0.3) is 0 Å². The molecule has 4 heteroatoms. The van der Waals surface area contributed by atoms with Gasteiger partial charge in [-0.05, 0) is 12.8 Å². The average Bonchev–Trinajstić information content (AvgIpc) is 2.44. The largest absolute Gasteiger partial charge is 0.377 e. The van der Waals surface area contributed by atoms with Gasteiger partial charge in [-0.15, -0.1) is 0 Å². The van der Waals surface area contributed by atoms with Gasteiger partial charge >= 0.3 is 0 Å². The van der Waals surface area contributed by atoms with Crippen molar-refractivity contribution < 1.29 is 14.2 Å². The van der Waals surface area contributed by atoms with Crippen molar-refractivity contribution in [3.63, 3.8) is 0 Å². The van der Waals surface area contributed by atoms with Gasteiger partial charge in [0, 0.05) is 27.8 Å². The van der Waals surface area contributed by atoms with Crippen LogP contribution in [-0.4, -0.2) is 42.6 Å². The lowest BCUT2D eigenvalue weighted by atomic mass is 10.2. The van der Waals surface area contributed by atoms with Gasteiger partial charge in [0.2, 0.25) is 0 Å². The van der Waals surface area contributed by atoms with E-state index in [0.717, 1.165) is 29.5 Å². The molecule has 0 aromatic heterocycles. The molecule has 3 nitrogen and oxygen atoms in total. The van der Waals surface area contributed by atoms with E-state index in [2.05, 4.69) is 0 Å². The van der Waals surface area contributed by atoms with E-state index >= 15 is 0 Å². The molecule has 12 heavy (non-hydrogen) atoms. The van der Waals surface area contributed by atoms with Crippen molar-refractivity contribution >= 4 is 10.2 Å². The molecule has 1 rings (SSSR count). The van der Waals surface area contributed by atoms with Crippen molar-refractivity contribution in [2.75, 3.05) is 21.3 Å². The van der Waals surface area contributed by atoms with E-state index in [-0.39, 0.29) is 5.22 Å². The van der Waals surface area contributed by atoms with E-state index in [9.17, 15) is 0 Å². The Morgan fingerprint density at radius 2 is 1.58 bits per heavy atom. The maximum atomic E-state index is 5.51. The quantitative estimate of drug-likeness (QED) is 0.458. The second kappa shape index (κ2) is 3.45. The fourth-order valence-electron chi connectivity index (χ4n) is 2.09. The van der Waals surface area contributed by atoms with Crippen LogP contribution < -0.4 is 0 Å². The van der Waals surface area contributed by atoms with Gasteiger partial charge in [0.1, 0.15) is 5.22 Å². The molecule has 0 aromatic carbocycles. The highest BCUT2D eigenvalue weighted by atomic mass is 28.1. The number of hydrogen-bond donors (Lipinski definition) is 0. The summed E-state index contributed by atoms with van der Waals surface area (Å²) in [6.45, 7) is 0. The van der Waals surface area contributed by atoms with Gasteiger partial charge in [-0.3, -0.25) is 0 Å². The van der Waals surface area contributed by atoms with Crippen LogP contribution in [0.15, 0.2) is 0 Å². The minimum absolute atomic E-state index is 0.156. The predicted octanol–water partition coefficient (Wildman–Crippen LogP) is -0.133. The highest BCUT2D eigenvalue weighted by Gasteiger charge is 2.53. The van der Waals surface area contributed by atoms with E-state index in [1.165, 1.54) is 0 Å². The molecule has 0 bridgehead atoms. The van der Waals surface area contributed by atoms with Gasteiger partial charge in [-0.2, -0.15) is 0 Å². The number of rotatable bonds is 3. The Hall–Kier alpha value is 0.0969. The Labute approximate surface area is 76.8 Å². The molecule has 0 N–H and O–H groups in total. The summed E-state index contributed by atoms with van der Waals surface area (Å²) in [5.74, 6) is -0.478. The standard InChI is InChI=1S/C8H18O3Si/c1-9-7(10-2)5-4-6-8(7,12)11-3/h4-6H2,1-3,12H3. The minimum Gasteiger partial charge on any atom is -0.377 e. The third-order valence-corrected chi connectivity index (χ3v) is 4.75. The zero-order valence-corrected chi connectivity index (χ0v) is 10.3. The zero-order chi connectivity index (χ0) is 9.24. The molecule has 1 fully saturated rings. The van der Waals surface area contributed by atoms with Gasteiger partial charge in [-0.25, -0.2) is 0 Å². The summed E-state index contributed by atoms with van der Waals surface area (Å²) in [5.41, 5.74) is 0. The van der Waals surface area contributed by atoms with Gasteiger partial charge in [0.25, 0.3) is 0 Å². The molecule has 1 saturated carbocycles. The minimum atomic E-state index is -0.478. The maximum absolute atomic E-state index is 5.51.